The van der Waals surface area contributed by atoms with E-state index in [2.05, 4.69) is 0 Å². The van der Waals surface area contributed by atoms with Gasteiger partial charge in [0.2, 0.25) is 0 Å². The maximum atomic E-state index is 13.1. The molecule has 2 aromatic rings. The zero-order valence-electron chi connectivity index (χ0n) is 10.4. The molecule has 1 N–H and O–H groups in total. The molecule has 2 aromatic carbocycles. The van der Waals surface area contributed by atoms with Gasteiger partial charge in [-0.3, -0.25) is 0 Å². The van der Waals surface area contributed by atoms with Gasteiger partial charge in [-0.15, -0.1) is 0 Å². The zero-order valence-corrected chi connectivity index (χ0v) is 10.4. The molecule has 0 amide bonds. The Balaban J connectivity index is 2.06. The molecule has 94 valence electrons. The van der Waals surface area contributed by atoms with Crippen molar-refractivity contribution >= 4 is 0 Å². The topological polar surface area (TPSA) is 20.2 Å². The lowest BCUT2D eigenvalue weighted by molar-refractivity contribution is 0.149. The standard InChI is InChI=1S/C16H17FO/c1-12(14-7-3-2-4-8-14)16(18)11-13-6-5-9-15(17)10-13/h2-10,12,16,18H,11H2,1H3. The van der Waals surface area contributed by atoms with Crippen molar-refractivity contribution in [2.24, 2.45) is 0 Å². The second-order valence-corrected chi connectivity index (χ2v) is 4.60. The van der Waals surface area contributed by atoms with E-state index >= 15 is 0 Å². The Labute approximate surface area is 107 Å². The third kappa shape index (κ3) is 3.17. The minimum absolute atomic E-state index is 0.0365. The maximum absolute atomic E-state index is 13.1. The van der Waals surface area contributed by atoms with E-state index in [0.29, 0.717) is 6.42 Å². The molecule has 0 spiro atoms. The van der Waals surface area contributed by atoms with Crippen molar-refractivity contribution in [2.45, 2.75) is 25.4 Å². The maximum Gasteiger partial charge on any atom is 0.123 e. The number of aliphatic hydroxyl groups is 1. The highest BCUT2D eigenvalue weighted by Gasteiger charge is 2.16. The van der Waals surface area contributed by atoms with Crippen LogP contribution < -0.4 is 0 Å². The van der Waals surface area contributed by atoms with Gasteiger partial charge in [0.25, 0.3) is 0 Å². The molecule has 0 radical (unpaired) electrons. The van der Waals surface area contributed by atoms with Crippen molar-refractivity contribution in [1.82, 2.24) is 0 Å². The Hall–Kier alpha value is -1.67. The normalized spacial score (nSPS) is 14.2. The molecule has 0 bridgehead atoms. The van der Waals surface area contributed by atoms with Gasteiger partial charge in [0, 0.05) is 5.92 Å². The average Bonchev–Trinajstić information content (AvgIpc) is 2.39. The first-order valence-corrected chi connectivity index (χ1v) is 6.14. The average molecular weight is 244 g/mol. The van der Waals surface area contributed by atoms with Crippen LogP contribution in [0.3, 0.4) is 0 Å². The summed E-state index contributed by atoms with van der Waals surface area (Å²) in [6.07, 6.45) is -0.0393. The van der Waals surface area contributed by atoms with Crippen LogP contribution in [0.25, 0.3) is 0 Å². The molecule has 1 nitrogen and oxygen atoms in total. The quantitative estimate of drug-likeness (QED) is 0.872. The number of halogens is 1. The first kappa shape index (κ1) is 12.8. The SMILES string of the molecule is CC(c1ccccc1)C(O)Cc1cccc(F)c1. The third-order valence-electron chi connectivity index (χ3n) is 3.24. The minimum atomic E-state index is -0.505. The Bertz CT molecular complexity index is 495. The molecular formula is C16H17FO. The van der Waals surface area contributed by atoms with Gasteiger partial charge in [-0.1, -0.05) is 49.4 Å². The van der Waals surface area contributed by atoms with E-state index in [9.17, 15) is 9.50 Å². The molecule has 0 fully saturated rings. The summed E-state index contributed by atoms with van der Waals surface area (Å²) in [6.45, 7) is 1.99. The first-order chi connectivity index (χ1) is 8.66. The van der Waals surface area contributed by atoms with E-state index in [4.69, 9.17) is 0 Å². The predicted molar refractivity (Wildman–Crippen MR) is 71.0 cm³/mol. The smallest absolute Gasteiger partial charge is 0.123 e. The summed E-state index contributed by atoms with van der Waals surface area (Å²) in [5.74, 6) is -0.221. The van der Waals surface area contributed by atoms with Crippen LogP contribution >= 0.6 is 0 Å². The summed E-state index contributed by atoms with van der Waals surface area (Å²) in [5.41, 5.74) is 1.92. The molecule has 0 saturated carbocycles. The van der Waals surface area contributed by atoms with Crippen molar-refractivity contribution in [3.63, 3.8) is 0 Å². The van der Waals surface area contributed by atoms with E-state index in [1.807, 2.05) is 43.3 Å². The van der Waals surface area contributed by atoms with Crippen LogP contribution in [-0.4, -0.2) is 11.2 Å². The molecule has 18 heavy (non-hydrogen) atoms. The molecule has 0 heterocycles. The number of rotatable bonds is 4. The first-order valence-electron chi connectivity index (χ1n) is 6.14. The fourth-order valence-electron chi connectivity index (χ4n) is 2.06. The lowest BCUT2D eigenvalue weighted by Gasteiger charge is -2.19. The third-order valence-corrected chi connectivity index (χ3v) is 3.24. The van der Waals surface area contributed by atoms with Crippen LogP contribution in [0.4, 0.5) is 4.39 Å². The van der Waals surface area contributed by atoms with Crippen LogP contribution in [0.1, 0.15) is 24.0 Å². The van der Waals surface area contributed by atoms with Gasteiger partial charge in [-0.25, -0.2) is 4.39 Å². The largest absolute Gasteiger partial charge is 0.392 e. The monoisotopic (exact) mass is 244 g/mol. The Morgan fingerprint density at radius 1 is 1.06 bits per heavy atom. The Morgan fingerprint density at radius 3 is 2.44 bits per heavy atom. The molecule has 0 aliphatic rings. The second-order valence-electron chi connectivity index (χ2n) is 4.60. The van der Waals surface area contributed by atoms with Gasteiger partial charge in [0.1, 0.15) is 5.82 Å². The highest BCUT2D eigenvalue weighted by atomic mass is 19.1. The van der Waals surface area contributed by atoms with Crippen molar-refractivity contribution in [3.8, 4) is 0 Å². The van der Waals surface area contributed by atoms with Gasteiger partial charge >= 0.3 is 0 Å². The molecular weight excluding hydrogens is 227 g/mol. The highest BCUT2D eigenvalue weighted by molar-refractivity contribution is 5.22. The highest BCUT2D eigenvalue weighted by Crippen LogP contribution is 2.21. The molecule has 0 aliphatic carbocycles. The predicted octanol–water partition coefficient (Wildman–Crippen LogP) is 3.53. The Kier molecular flexibility index (Phi) is 4.11. The Morgan fingerprint density at radius 2 is 1.78 bits per heavy atom. The van der Waals surface area contributed by atoms with E-state index in [-0.39, 0.29) is 11.7 Å². The van der Waals surface area contributed by atoms with Crippen LogP contribution in [0.2, 0.25) is 0 Å². The number of hydrogen-bond donors (Lipinski definition) is 1. The molecule has 2 rings (SSSR count). The van der Waals surface area contributed by atoms with Gasteiger partial charge in [-0.2, -0.15) is 0 Å². The lowest BCUT2D eigenvalue weighted by Crippen LogP contribution is -2.18. The van der Waals surface area contributed by atoms with Gasteiger partial charge in [0.05, 0.1) is 6.10 Å². The van der Waals surface area contributed by atoms with Crippen molar-refractivity contribution in [2.75, 3.05) is 0 Å². The molecule has 2 heteroatoms. The van der Waals surface area contributed by atoms with E-state index in [1.165, 1.54) is 12.1 Å². The molecule has 0 saturated heterocycles. The number of benzene rings is 2. The van der Waals surface area contributed by atoms with E-state index in [0.717, 1.165) is 11.1 Å². The van der Waals surface area contributed by atoms with Gasteiger partial charge < -0.3 is 5.11 Å². The second kappa shape index (κ2) is 5.78. The van der Waals surface area contributed by atoms with E-state index < -0.39 is 6.10 Å². The van der Waals surface area contributed by atoms with Crippen LogP contribution in [0, 0.1) is 5.82 Å². The van der Waals surface area contributed by atoms with Gasteiger partial charge in [-0.05, 0) is 29.7 Å². The minimum Gasteiger partial charge on any atom is -0.392 e. The molecule has 2 unspecified atom stereocenters. The summed E-state index contributed by atoms with van der Waals surface area (Å²) >= 11 is 0. The van der Waals surface area contributed by atoms with Crippen LogP contribution in [0.5, 0.6) is 0 Å². The summed E-state index contributed by atoms with van der Waals surface area (Å²) in [7, 11) is 0. The fraction of sp³-hybridized carbons (Fsp3) is 0.250. The molecule has 0 aromatic heterocycles. The molecule has 2 atom stereocenters. The number of aliphatic hydroxyl groups excluding tert-OH is 1. The summed E-state index contributed by atoms with van der Waals surface area (Å²) in [4.78, 5) is 0. The number of hydrogen-bond acceptors (Lipinski definition) is 1. The summed E-state index contributed by atoms with van der Waals surface area (Å²) in [6, 6.07) is 16.3. The van der Waals surface area contributed by atoms with Crippen molar-refractivity contribution < 1.29 is 9.50 Å². The van der Waals surface area contributed by atoms with Crippen LogP contribution in [-0.2, 0) is 6.42 Å². The van der Waals surface area contributed by atoms with Gasteiger partial charge in [0.15, 0.2) is 0 Å². The molecule has 0 aliphatic heterocycles. The van der Waals surface area contributed by atoms with E-state index in [1.54, 1.807) is 6.07 Å². The van der Waals surface area contributed by atoms with Crippen molar-refractivity contribution in [3.05, 3.63) is 71.5 Å². The summed E-state index contributed by atoms with van der Waals surface area (Å²) < 4.78 is 13.1. The van der Waals surface area contributed by atoms with Crippen LogP contribution in [0.15, 0.2) is 54.6 Å². The lowest BCUT2D eigenvalue weighted by atomic mass is 9.91. The van der Waals surface area contributed by atoms with Crippen molar-refractivity contribution in [1.29, 1.82) is 0 Å². The fourth-order valence-corrected chi connectivity index (χ4v) is 2.06. The zero-order chi connectivity index (χ0) is 13.0. The summed E-state index contributed by atoms with van der Waals surface area (Å²) in [5, 5.41) is 10.2.